The summed E-state index contributed by atoms with van der Waals surface area (Å²) in [5.41, 5.74) is -0.0900. The summed E-state index contributed by atoms with van der Waals surface area (Å²) in [7, 11) is 0. The van der Waals surface area contributed by atoms with E-state index in [1.54, 1.807) is 13.8 Å². The minimum Gasteiger partial charge on any atom is -0.858 e. The summed E-state index contributed by atoms with van der Waals surface area (Å²) < 4.78 is 3.27. The number of carbonyl (C=O) groups is 3. The van der Waals surface area contributed by atoms with E-state index in [-0.39, 0.29) is 56.7 Å². The first-order valence-electron chi connectivity index (χ1n) is 15.8. The smallest absolute Gasteiger partial charge is 0.278 e. The number of aryl methyl sites for hydroxylation is 1. The van der Waals surface area contributed by atoms with Crippen LogP contribution in [0.15, 0.2) is 20.8 Å². The van der Waals surface area contributed by atoms with Crippen LogP contribution in [0.1, 0.15) is 121 Å². The first-order chi connectivity index (χ1) is 21.5. The monoisotopic (exact) mass is 613 g/mol. The van der Waals surface area contributed by atoms with Gasteiger partial charge in [-0.1, -0.05) is 44.6 Å². The SMILES string of the molecule is CC(=O)n1c2c(c(C)/c(=C\C=Cc3c(C)c4c([O-])n(C5CCCCC5)nc4n(C(C)=O)c3=O)c1=O)C(=O)N(C1CCCCC1)N=2. The number of carbonyl (C=O) groups excluding carboxylic acids is 3. The number of hydrogen-bond acceptors (Lipinski definition) is 8. The lowest BCUT2D eigenvalue weighted by molar-refractivity contribution is -0.278. The zero-order valence-corrected chi connectivity index (χ0v) is 26.1. The molecule has 0 spiro atoms. The summed E-state index contributed by atoms with van der Waals surface area (Å²) in [5, 5.41) is 24.3. The van der Waals surface area contributed by atoms with Crippen LogP contribution in [-0.2, 0) is 0 Å². The minimum atomic E-state index is -0.630. The summed E-state index contributed by atoms with van der Waals surface area (Å²) in [6, 6.07) is -0.175. The summed E-state index contributed by atoms with van der Waals surface area (Å²) in [6.45, 7) is 5.78. The number of pyridine rings is 2. The Morgan fingerprint density at radius 1 is 0.822 bits per heavy atom. The van der Waals surface area contributed by atoms with Gasteiger partial charge in [0.25, 0.3) is 17.0 Å². The quantitative estimate of drug-likeness (QED) is 0.439. The Bertz CT molecular complexity index is 2040. The van der Waals surface area contributed by atoms with Gasteiger partial charge in [0.15, 0.2) is 11.1 Å². The molecule has 3 aromatic rings. The van der Waals surface area contributed by atoms with E-state index in [2.05, 4.69) is 10.2 Å². The summed E-state index contributed by atoms with van der Waals surface area (Å²) in [6.07, 6.45) is 13.7. The minimum absolute atomic E-state index is 0.0466. The van der Waals surface area contributed by atoms with Gasteiger partial charge in [-0.3, -0.25) is 28.7 Å². The second-order valence-corrected chi connectivity index (χ2v) is 12.4. The molecule has 6 rings (SSSR count). The van der Waals surface area contributed by atoms with E-state index < -0.39 is 22.9 Å². The number of allylic oxidation sites excluding steroid dienone is 1. The van der Waals surface area contributed by atoms with Crippen molar-refractivity contribution in [2.45, 2.75) is 104 Å². The van der Waals surface area contributed by atoms with E-state index in [0.29, 0.717) is 11.1 Å². The van der Waals surface area contributed by atoms with Crippen molar-refractivity contribution in [3.63, 3.8) is 0 Å². The predicted molar refractivity (Wildman–Crippen MR) is 166 cm³/mol. The highest BCUT2D eigenvalue weighted by Crippen LogP contribution is 2.35. The lowest BCUT2D eigenvalue weighted by atomic mass is 9.95. The van der Waals surface area contributed by atoms with Gasteiger partial charge in [0.05, 0.1) is 17.6 Å². The van der Waals surface area contributed by atoms with Gasteiger partial charge < -0.3 is 5.11 Å². The maximum atomic E-state index is 13.6. The molecule has 2 aliphatic carbocycles. The molecule has 12 nitrogen and oxygen atoms in total. The normalized spacial score (nSPS) is 18.3. The first kappa shape index (κ1) is 30.4. The fourth-order valence-electron chi connectivity index (χ4n) is 7.17. The molecule has 0 atom stereocenters. The Balaban J connectivity index is 1.48. The molecule has 4 heterocycles. The van der Waals surface area contributed by atoms with Crippen LogP contribution in [0.2, 0.25) is 0 Å². The number of hydrogen-bond donors (Lipinski definition) is 0. The molecule has 12 heteroatoms. The van der Waals surface area contributed by atoms with Crippen molar-refractivity contribution >= 4 is 40.9 Å². The molecule has 2 saturated carbocycles. The number of amides is 1. The number of aromatic nitrogens is 4. The molecular formula is C33H37N6O6-. The van der Waals surface area contributed by atoms with Gasteiger partial charge in [0.2, 0.25) is 11.8 Å². The molecule has 0 unspecified atom stereocenters. The second-order valence-electron chi connectivity index (χ2n) is 12.4. The van der Waals surface area contributed by atoms with Crippen LogP contribution < -0.4 is 26.9 Å². The van der Waals surface area contributed by atoms with Gasteiger partial charge >= 0.3 is 0 Å². The van der Waals surface area contributed by atoms with E-state index >= 15 is 0 Å². The van der Waals surface area contributed by atoms with Crippen LogP contribution in [0.3, 0.4) is 0 Å². The van der Waals surface area contributed by atoms with E-state index in [9.17, 15) is 29.1 Å². The maximum Gasteiger partial charge on any atom is 0.278 e. The van der Waals surface area contributed by atoms with Crippen molar-refractivity contribution in [1.29, 1.82) is 0 Å². The third-order valence-electron chi connectivity index (χ3n) is 9.54. The fourth-order valence-corrected chi connectivity index (χ4v) is 7.17. The molecule has 1 amide bonds. The van der Waals surface area contributed by atoms with Gasteiger partial charge in [-0.05, 0) is 68.7 Å². The zero-order chi connectivity index (χ0) is 32.2. The van der Waals surface area contributed by atoms with Crippen molar-refractivity contribution < 1.29 is 19.5 Å². The molecule has 1 aliphatic heterocycles. The average Bonchev–Trinajstić information content (AvgIpc) is 3.53. The highest BCUT2D eigenvalue weighted by molar-refractivity contribution is 5.98. The van der Waals surface area contributed by atoms with Gasteiger partial charge in [0, 0.05) is 30.0 Å². The molecule has 0 N–H and O–H groups in total. The molecule has 2 fully saturated rings. The fraction of sp³-hybridized carbons (Fsp3) is 0.485. The van der Waals surface area contributed by atoms with Crippen molar-refractivity contribution in [3.8, 4) is 5.88 Å². The van der Waals surface area contributed by atoms with Crippen molar-refractivity contribution in [2.75, 3.05) is 0 Å². The van der Waals surface area contributed by atoms with Crippen LogP contribution in [0, 0.1) is 13.8 Å². The Kier molecular flexibility index (Phi) is 7.92. The molecule has 236 valence electrons. The van der Waals surface area contributed by atoms with Crippen molar-refractivity contribution in [2.24, 2.45) is 5.10 Å². The molecule has 0 aromatic carbocycles. The van der Waals surface area contributed by atoms with Gasteiger partial charge in [0.1, 0.15) is 0 Å². The van der Waals surface area contributed by atoms with Gasteiger partial charge in [-0.2, -0.15) is 5.10 Å². The van der Waals surface area contributed by atoms with Gasteiger partial charge in [-0.15, -0.1) is 5.10 Å². The average molecular weight is 614 g/mol. The second kappa shape index (κ2) is 11.7. The van der Waals surface area contributed by atoms with Crippen LogP contribution in [0.4, 0.5) is 0 Å². The summed E-state index contributed by atoms with van der Waals surface area (Å²) in [5.74, 6) is -1.82. The van der Waals surface area contributed by atoms with Crippen molar-refractivity contribution in [1.82, 2.24) is 23.9 Å². The first-order valence-corrected chi connectivity index (χ1v) is 15.8. The zero-order valence-electron chi connectivity index (χ0n) is 26.1. The lowest BCUT2D eigenvalue weighted by Gasteiger charge is -2.27. The molecule has 3 aliphatic rings. The topological polar surface area (TPSA) is 152 Å². The summed E-state index contributed by atoms with van der Waals surface area (Å²) in [4.78, 5) is 66.1. The van der Waals surface area contributed by atoms with Crippen LogP contribution >= 0.6 is 0 Å². The van der Waals surface area contributed by atoms with Crippen molar-refractivity contribution in [3.05, 3.63) is 59.7 Å². The third kappa shape index (κ3) is 4.96. The third-order valence-corrected chi connectivity index (χ3v) is 9.54. The Morgan fingerprint density at radius 3 is 2.02 bits per heavy atom. The Labute approximate surface area is 258 Å². The van der Waals surface area contributed by atoms with Gasteiger partial charge in [-0.25, -0.2) is 14.1 Å². The lowest BCUT2D eigenvalue weighted by Crippen LogP contribution is -2.48. The highest BCUT2D eigenvalue weighted by Gasteiger charge is 2.35. The van der Waals surface area contributed by atoms with E-state index in [1.165, 1.54) is 41.8 Å². The summed E-state index contributed by atoms with van der Waals surface area (Å²) >= 11 is 0. The Hall–Kier alpha value is -4.61. The van der Waals surface area contributed by atoms with E-state index in [0.717, 1.165) is 73.3 Å². The number of fused-ring (bicyclic) bond motifs is 2. The van der Waals surface area contributed by atoms with Crippen LogP contribution in [0.25, 0.3) is 23.2 Å². The molecule has 0 saturated heterocycles. The van der Waals surface area contributed by atoms with E-state index in [1.807, 2.05) is 0 Å². The standard InChI is InChI=1S/C33H38N6O6/c1-18-24(30(42)36(20(3)40)28-26(18)32(44)38(34-28)22-12-7-5-8-13-22)16-11-17-25-19(2)27-29(37(21(4)41)31(25)43)35-39(33(27)45)23-14-9-6-10-15-23/h11,16-17,22-23,44H,5-10,12-15H2,1-4H3/p-1/b16-11?,25-17+. The van der Waals surface area contributed by atoms with E-state index in [4.69, 9.17) is 0 Å². The van der Waals surface area contributed by atoms with Crippen LogP contribution in [0.5, 0.6) is 5.88 Å². The van der Waals surface area contributed by atoms with Crippen LogP contribution in [-0.4, -0.2) is 47.7 Å². The largest absolute Gasteiger partial charge is 0.858 e. The molecule has 45 heavy (non-hydrogen) atoms. The Morgan fingerprint density at radius 2 is 1.42 bits per heavy atom. The maximum absolute atomic E-state index is 13.6. The molecule has 3 aromatic heterocycles. The highest BCUT2D eigenvalue weighted by atomic mass is 16.3. The number of rotatable bonds is 4. The molecular weight excluding hydrogens is 576 g/mol. The predicted octanol–water partition coefficient (Wildman–Crippen LogP) is 2.69. The molecule has 0 radical (unpaired) electrons. The molecule has 0 bridgehead atoms. The number of nitrogens with zero attached hydrogens (tertiary/aromatic N) is 6.